The second-order valence-corrected chi connectivity index (χ2v) is 3.80. The highest BCUT2D eigenvalue weighted by Crippen LogP contribution is 2.18. The first-order chi connectivity index (χ1) is 8.12. The average molecular weight is 234 g/mol. The molecule has 90 valence electrons. The summed E-state index contributed by atoms with van der Waals surface area (Å²) in [5.74, 6) is -0.688. The van der Waals surface area contributed by atoms with Crippen LogP contribution in [0.4, 0.5) is 10.1 Å². The van der Waals surface area contributed by atoms with Crippen molar-refractivity contribution in [3.8, 4) is 6.07 Å². The highest BCUT2D eigenvalue weighted by molar-refractivity contribution is 5.93. The number of benzene rings is 1. The zero-order valence-corrected chi connectivity index (χ0v) is 9.96. The summed E-state index contributed by atoms with van der Waals surface area (Å²) in [5.41, 5.74) is 0.509. The average Bonchev–Trinajstić information content (AvgIpc) is 2.33. The first kappa shape index (κ1) is 13.2. The van der Waals surface area contributed by atoms with Crippen molar-refractivity contribution in [2.75, 3.05) is 5.32 Å². The SMILES string of the molecule is CCC(CC)C(=O)Nc1ccc(F)cc1C#N. The standard InChI is InChI=1S/C13H15FN2O/c1-3-9(4-2)13(17)16-12-6-5-11(14)7-10(12)8-15/h5-7,9H,3-4H2,1-2H3,(H,16,17). The van der Waals surface area contributed by atoms with Gasteiger partial charge in [0.05, 0.1) is 11.3 Å². The quantitative estimate of drug-likeness (QED) is 0.870. The summed E-state index contributed by atoms with van der Waals surface area (Å²) in [6.45, 7) is 3.87. The summed E-state index contributed by atoms with van der Waals surface area (Å²) in [6.07, 6.45) is 1.48. The van der Waals surface area contributed by atoms with Crippen molar-refractivity contribution < 1.29 is 9.18 Å². The third-order valence-electron chi connectivity index (χ3n) is 2.72. The molecule has 0 saturated heterocycles. The van der Waals surface area contributed by atoms with Crippen LogP contribution in [0.1, 0.15) is 32.3 Å². The van der Waals surface area contributed by atoms with E-state index in [1.807, 2.05) is 19.9 Å². The first-order valence-corrected chi connectivity index (χ1v) is 5.62. The van der Waals surface area contributed by atoms with Crippen LogP contribution in [0.15, 0.2) is 18.2 Å². The maximum Gasteiger partial charge on any atom is 0.227 e. The molecule has 0 aliphatic rings. The molecule has 0 unspecified atom stereocenters. The van der Waals surface area contributed by atoms with Gasteiger partial charge >= 0.3 is 0 Å². The largest absolute Gasteiger partial charge is 0.325 e. The van der Waals surface area contributed by atoms with E-state index in [2.05, 4.69) is 5.32 Å². The summed E-state index contributed by atoms with van der Waals surface area (Å²) < 4.78 is 12.9. The van der Waals surface area contributed by atoms with E-state index in [-0.39, 0.29) is 17.4 Å². The predicted molar refractivity (Wildman–Crippen MR) is 63.8 cm³/mol. The Labute approximate surface area is 100 Å². The second-order valence-electron chi connectivity index (χ2n) is 3.80. The lowest BCUT2D eigenvalue weighted by Crippen LogP contribution is -2.22. The van der Waals surface area contributed by atoms with Crippen LogP contribution in [0.2, 0.25) is 0 Å². The Morgan fingerprint density at radius 3 is 2.65 bits per heavy atom. The van der Waals surface area contributed by atoms with Gasteiger partial charge in [0.1, 0.15) is 11.9 Å². The van der Waals surface area contributed by atoms with Gasteiger partial charge in [-0.05, 0) is 31.0 Å². The second kappa shape index (κ2) is 6.00. The lowest BCUT2D eigenvalue weighted by atomic mass is 10.0. The van der Waals surface area contributed by atoms with Gasteiger partial charge in [0.2, 0.25) is 5.91 Å². The molecule has 0 fully saturated rings. The number of hydrogen-bond donors (Lipinski definition) is 1. The fourth-order valence-corrected chi connectivity index (χ4v) is 1.61. The highest BCUT2D eigenvalue weighted by Gasteiger charge is 2.15. The van der Waals surface area contributed by atoms with Crippen LogP contribution in [0.25, 0.3) is 0 Å². The van der Waals surface area contributed by atoms with Crippen LogP contribution in [0, 0.1) is 23.1 Å². The molecule has 1 rings (SSSR count). The van der Waals surface area contributed by atoms with Gasteiger partial charge in [0.25, 0.3) is 0 Å². The summed E-state index contributed by atoms with van der Waals surface area (Å²) in [7, 11) is 0. The van der Waals surface area contributed by atoms with E-state index >= 15 is 0 Å². The van der Waals surface area contributed by atoms with Crippen molar-refractivity contribution in [3.05, 3.63) is 29.6 Å². The maximum absolute atomic E-state index is 12.9. The fourth-order valence-electron chi connectivity index (χ4n) is 1.61. The van der Waals surface area contributed by atoms with Crippen LogP contribution < -0.4 is 5.32 Å². The molecule has 1 aromatic carbocycles. The number of nitriles is 1. The zero-order valence-electron chi connectivity index (χ0n) is 9.96. The van der Waals surface area contributed by atoms with Gasteiger partial charge in [-0.15, -0.1) is 0 Å². The van der Waals surface area contributed by atoms with Crippen molar-refractivity contribution in [1.29, 1.82) is 5.26 Å². The van der Waals surface area contributed by atoms with Crippen LogP contribution >= 0.6 is 0 Å². The summed E-state index contributed by atoms with van der Waals surface area (Å²) in [4.78, 5) is 11.8. The molecule has 17 heavy (non-hydrogen) atoms. The Balaban J connectivity index is 2.89. The number of amides is 1. The topological polar surface area (TPSA) is 52.9 Å². The Morgan fingerprint density at radius 1 is 1.47 bits per heavy atom. The molecule has 0 aliphatic heterocycles. The minimum atomic E-state index is -0.484. The maximum atomic E-state index is 12.9. The number of hydrogen-bond acceptors (Lipinski definition) is 2. The third-order valence-corrected chi connectivity index (χ3v) is 2.72. The van der Waals surface area contributed by atoms with E-state index in [0.29, 0.717) is 5.69 Å². The fraction of sp³-hybridized carbons (Fsp3) is 0.385. The molecule has 0 aliphatic carbocycles. The lowest BCUT2D eigenvalue weighted by molar-refractivity contribution is -0.120. The van der Waals surface area contributed by atoms with E-state index in [0.717, 1.165) is 18.9 Å². The van der Waals surface area contributed by atoms with Crippen LogP contribution in [-0.4, -0.2) is 5.91 Å². The first-order valence-electron chi connectivity index (χ1n) is 5.62. The zero-order chi connectivity index (χ0) is 12.8. The molecule has 0 aromatic heterocycles. The van der Waals surface area contributed by atoms with Gasteiger partial charge < -0.3 is 5.32 Å². The normalized spacial score (nSPS) is 10.1. The van der Waals surface area contributed by atoms with Gasteiger partial charge in [-0.25, -0.2) is 4.39 Å². The summed E-state index contributed by atoms with van der Waals surface area (Å²) in [5, 5.41) is 11.5. The number of carbonyl (C=O) groups excluding carboxylic acids is 1. The van der Waals surface area contributed by atoms with Gasteiger partial charge in [-0.1, -0.05) is 13.8 Å². The molecule has 0 bridgehead atoms. The Bertz CT molecular complexity index is 447. The molecule has 0 heterocycles. The lowest BCUT2D eigenvalue weighted by Gasteiger charge is -2.13. The highest BCUT2D eigenvalue weighted by atomic mass is 19.1. The minimum absolute atomic E-state index is 0.0772. The van der Waals surface area contributed by atoms with Crippen molar-refractivity contribution in [2.24, 2.45) is 5.92 Å². The van der Waals surface area contributed by atoms with Crippen molar-refractivity contribution in [3.63, 3.8) is 0 Å². The molecule has 1 N–H and O–H groups in total. The molecule has 1 aromatic rings. The van der Waals surface area contributed by atoms with E-state index in [9.17, 15) is 9.18 Å². The van der Waals surface area contributed by atoms with Gasteiger partial charge in [-0.3, -0.25) is 4.79 Å². The number of anilines is 1. The predicted octanol–water partition coefficient (Wildman–Crippen LogP) is 3.07. The Kier molecular flexibility index (Phi) is 4.65. The van der Waals surface area contributed by atoms with Crippen molar-refractivity contribution in [1.82, 2.24) is 0 Å². The van der Waals surface area contributed by atoms with E-state index in [1.165, 1.54) is 12.1 Å². The molecule has 0 radical (unpaired) electrons. The van der Waals surface area contributed by atoms with Crippen LogP contribution in [0.3, 0.4) is 0 Å². The van der Waals surface area contributed by atoms with Crippen molar-refractivity contribution in [2.45, 2.75) is 26.7 Å². The molecular weight excluding hydrogens is 219 g/mol. The molecular formula is C13H15FN2O. The van der Waals surface area contributed by atoms with Gasteiger partial charge in [0, 0.05) is 5.92 Å². The van der Waals surface area contributed by atoms with E-state index in [1.54, 1.807) is 0 Å². The van der Waals surface area contributed by atoms with Crippen LogP contribution in [-0.2, 0) is 4.79 Å². The summed E-state index contributed by atoms with van der Waals surface area (Å²) >= 11 is 0. The number of nitrogens with zero attached hydrogens (tertiary/aromatic N) is 1. The number of rotatable bonds is 4. The number of carbonyl (C=O) groups is 1. The minimum Gasteiger partial charge on any atom is -0.325 e. The number of nitrogens with one attached hydrogen (secondary N) is 1. The molecule has 3 nitrogen and oxygen atoms in total. The molecule has 0 spiro atoms. The van der Waals surface area contributed by atoms with E-state index in [4.69, 9.17) is 5.26 Å². The number of halogens is 1. The Morgan fingerprint density at radius 2 is 2.12 bits per heavy atom. The van der Waals surface area contributed by atoms with Gasteiger partial charge in [0.15, 0.2) is 0 Å². The molecule has 1 amide bonds. The van der Waals surface area contributed by atoms with Crippen molar-refractivity contribution >= 4 is 11.6 Å². The van der Waals surface area contributed by atoms with Gasteiger partial charge in [-0.2, -0.15) is 5.26 Å². The molecule has 4 heteroatoms. The molecule has 0 atom stereocenters. The monoisotopic (exact) mass is 234 g/mol. The third kappa shape index (κ3) is 3.28. The van der Waals surface area contributed by atoms with E-state index < -0.39 is 5.82 Å². The molecule has 0 saturated carbocycles. The smallest absolute Gasteiger partial charge is 0.227 e. The Hall–Kier alpha value is -1.89. The van der Waals surface area contributed by atoms with Crippen LogP contribution in [0.5, 0.6) is 0 Å². The summed E-state index contributed by atoms with van der Waals surface area (Å²) in [6, 6.07) is 5.61.